The molecule has 0 aliphatic heterocycles. The third kappa shape index (κ3) is 3.03. The van der Waals surface area contributed by atoms with E-state index in [1.54, 1.807) is 13.2 Å². The number of hydrogen-bond acceptors (Lipinski definition) is 3. The molecule has 0 radical (unpaired) electrons. The lowest BCUT2D eigenvalue weighted by atomic mass is 10.2. The number of ether oxygens (including phenoxy) is 1. The summed E-state index contributed by atoms with van der Waals surface area (Å²) in [5.74, 6) is 0.814. The zero-order valence-electron chi connectivity index (χ0n) is 8.81. The summed E-state index contributed by atoms with van der Waals surface area (Å²) in [6.45, 7) is 4.69. The molecule has 0 aromatic heterocycles. The minimum Gasteiger partial charge on any atom is -0.497 e. The molecular weight excluding hydrogens is 188 g/mol. The smallest absolute Gasteiger partial charge is 0.119 e. The molecular formula is C12H14N2O. The van der Waals surface area contributed by atoms with Gasteiger partial charge in [-0.2, -0.15) is 5.26 Å². The van der Waals surface area contributed by atoms with Gasteiger partial charge in [0.2, 0.25) is 0 Å². The fourth-order valence-electron chi connectivity index (χ4n) is 1.30. The van der Waals surface area contributed by atoms with E-state index in [1.807, 2.05) is 29.2 Å². The maximum Gasteiger partial charge on any atom is 0.119 e. The Balaban J connectivity index is 2.81. The third-order valence-electron chi connectivity index (χ3n) is 2.05. The molecule has 0 aliphatic carbocycles. The van der Waals surface area contributed by atoms with Crippen molar-refractivity contribution < 1.29 is 4.74 Å². The first-order chi connectivity index (χ1) is 7.31. The molecule has 0 aliphatic rings. The number of methoxy groups -OCH3 is 1. The van der Waals surface area contributed by atoms with Crippen molar-refractivity contribution in [3.63, 3.8) is 0 Å². The topological polar surface area (TPSA) is 36.3 Å². The zero-order chi connectivity index (χ0) is 11.1. The molecule has 3 nitrogen and oxygen atoms in total. The average Bonchev–Trinajstić information content (AvgIpc) is 2.29. The van der Waals surface area contributed by atoms with E-state index in [-0.39, 0.29) is 0 Å². The highest BCUT2D eigenvalue weighted by Gasteiger charge is 2.03. The summed E-state index contributed by atoms with van der Waals surface area (Å²) in [6.07, 6.45) is 1.78. The van der Waals surface area contributed by atoms with Crippen LogP contribution in [-0.2, 0) is 0 Å². The number of nitrogens with zero attached hydrogens (tertiary/aromatic N) is 2. The minimum absolute atomic E-state index is 0.359. The standard InChI is InChI=1S/C12H14N2O/c1-3-9-14(10-8-13)11-4-6-12(15-2)7-5-11/h3-7H,1,9-10H2,2H3. The summed E-state index contributed by atoms with van der Waals surface area (Å²) < 4.78 is 5.07. The molecule has 0 N–H and O–H groups in total. The largest absolute Gasteiger partial charge is 0.497 e. The molecule has 15 heavy (non-hydrogen) atoms. The Labute approximate surface area is 90.2 Å². The van der Waals surface area contributed by atoms with E-state index in [4.69, 9.17) is 10.00 Å². The third-order valence-corrected chi connectivity index (χ3v) is 2.05. The van der Waals surface area contributed by atoms with Crippen molar-refractivity contribution in [2.24, 2.45) is 0 Å². The van der Waals surface area contributed by atoms with Crippen molar-refractivity contribution in [3.05, 3.63) is 36.9 Å². The van der Waals surface area contributed by atoms with Gasteiger partial charge in [-0.1, -0.05) is 6.08 Å². The molecule has 1 aromatic rings. The molecule has 78 valence electrons. The van der Waals surface area contributed by atoms with Gasteiger partial charge >= 0.3 is 0 Å². The Morgan fingerprint density at radius 1 is 1.47 bits per heavy atom. The first-order valence-corrected chi connectivity index (χ1v) is 4.68. The van der Waals surface area contributed by atoms with E-state index in [9.17, 15) is 0 Å². The molecule has 0 bridgehead atoms. The monoisotopic (exact) mass is 202 g/mol. The van der Waals surface area contributed by atoms with Gasteiger partial charge in [-0.15, -0.1) is 6.58 Å². The van der Waals surface area contributed by atoms with E-state index in [1.165, 1.54) is 0 Å². The van der Waals surface area contributed by atoms with Gasteiger partial charge < -0.3 is 9.64 Å². The fourth-order valence-corrected chi connectivity index (χ4v) is 1.30. The van der Waals surface area contributed by atoms with Gasteiger partial charge in [0, 0.05) is 12.2 Å². The van der Waals surface area contributed by atoms with Crippen LogP contribution in [0.4, 0.5) is 5.69 Å². The van der Waals surface area contributed by atoms with Gasteiger partial charge in [-0.3, -0.25) is 0 Å². The molecule has 1 aromatic carbocycles. The molecule has 0 spiro atoms. The van der Waals surface area contributed by atoms with E-state index >= 15 is 0 Å². The van der Waals surface area contributed by atoms with Crippen molar-refractivity contribution in [1.82, 2.24) is 0 Å². The van der Waals surface area contributed by atoms with Crippen molar-refractivity contribution in [2.45, 2.75) is 0 Å². The summed E-state index contributed by atoms with van der Waals surface area (Å²) in [5.41, 5.74) is 0.997. The van der Waals surface area contributed by atoms with Crippen LogP contribution in [0.5, 0.6) is 5.75 Å². The molecule has 0 saturated heterocycles. The lowest BCUT2D eigenvalue weighted by molar-refractivity contribution is 0.415. The predicted octanol–water partition coefficient (Wildman–Crippen LogP) is 2.21. The maximum absolute atomic E-state index is 8.67. The van der Waals surface area contributed by atoms with Crippen molar-refractivity contribution in [3.8, 4) is 11.8 Å². The lowest BCUT2D eigenvalue weighted by Gasteiger charge is -2.19. The number of hydrogen-bond donors (Lipinski definition) is 0. The van der Waals surface area contributed by atoms with Crippen LogP contribution in [0.1, 0.15) is 0 Å². The van der Waals surface area contributed by atoms with Crippen LogP contribution in [-0.4, -0.2) is 20.2 Å². The van der Waals surface area contributed by atoms with E-state index < -0.39 is 0 Å². The Bertz CT molecular complexity index is 351. The Morgan fingerprint density at radius 2 is 2.13 bits per heavy atom. The molecule has 0 heterocycles. The second kappa shape index (κ2) is 5.71. The second-order valence-electron chi connectivity index (χ2n) is 3.03. The molecule has 0 atom stereocenters. The first kappa shape index (κ1) is 11.1. The first-order valence-electron chi connectivity index (χ1n) is 4.68. The second-order valence-corrected chi connectivity index (χ2v) is 3.03. The number of rotatable bonds is 5. The van der Waals surface area contributed by atoms with Crippen LogP contribution in [0.15, 0.2) is 36.9 Å². The van der Waals surface area contributed by atoms with Gasteiger partial charge in [0.15, 0.2) is 0 Å². The Hall–Kier alpha value is -1.95. The summed E-state index contributed by atoms with van der Waals surface area (Å²) >= 11 is 0. The van der Waals surface area contributed by atoms with E-state index in [2.05, 4.69) is 12.6 Å². The fraction of sp³-hybridized carbons (Fsp3) is 0.250. The van der Waals surface area contributed by atoms with Gasteiger partial charge in [-0.25, -0.2) is 0 Å². The number of nitriles is 1. The van der Waals surface area contributed by atoms with Crippen molar-refractivity contribution >= 4 is 5.69 Å². The molecule has 3 heteroatoms. The van der Waals surface area contributed by atoms with Crippen LogP contribution >= 0.6 is 0 Å². The van der Waals surface area contributed by atoms with Crippen molar-refractivity contribution in [1.29, 1.82) is 5.26 Å². The predicted molar refractivity (Wildman–Crippen MR) is 61.0 cm³/mol. The van der Waals surface area contributed by atoms with Gasteiger partial charge in [0.1, 0.15) is 12.3 Å². The van der Waals surface area contributed by atoms with Crippen LogP contribution in [0, 0.1) is 11.3 Å². The average molecular weight is 202 g/mol. The van der Waals surface area contributed by atoms with Crippen LogP contribution < -0.4 is 9.64 Å². The van der Waals surface area contributed by atoms with E-state index in [0.717, 1.165) is 11.4 Å². The van der Waals surface area contributed by atoms with Crippen molar-refractivity contribution in [2.75, 3.05) is 25.1 Å². The van der Waals surface area contributed by atoms with E-state index in [0.29, 0.717) is 13.1 Å². The number of anilines is 1. The molecule has 0 fully saturated rings. The van der Waals surface area contributed by atoms with Crippen LogP contribution in [0.2, 0.25) is 0 Å². The van der Waals surface area contributed by atoms with Gasteiger partial charge in [0.05, 0.1) is 13.2 Å². The zero-order valence-corrected chi connectivity index (χ0v) is 8.81. The lowest BCUT2D eigenvalue weighted by Crippen LogP contribution is -2.23. The maximum atomic E-state index is 8.67. The number of benzene rings is 1. The Morgan fingerprint density at radius 3 is 2.60 bits per heavy atom. The molecule has 0 unspecified atom stereocenters. The minimum atomic E-state index is 0.359. The van der Waals surface area contributed by atoms with Gasteiger partial charge in [-0.05, 0) is 24.3 Å². The molecule has 0 amide bonds. The summed E-state index contributed by atoms with van der Waals surface area (Å²) in [4.78, 5) is 1.94. The summed E-state index contributed by atoms with van der Waals surface area (Å²) in [6, 6.07) is 9.74. The Kier molecular flexibility index (Phi) is 4.24. The highest BCUT2D eigenvalue weighted by atomic mass is 16.5. The highest BCUT2D eigenvalue weighted by Crippen LogP contribution is 2.18. The quantitative estimate of drug-likeness (QED) is 0.542. The summed E-state index contributed by atoms with van der Waals surface area (Å²) in [5, 5.41) is 8.67. The van der Waals surface area contributed by atoms with Crippen LogP contribution in [0.3, 0.4) is 0 Å². The van der Waals surface area contributed by atoms with Crippen LogP contribution in [0.25, 0.3) is 0 Å². The summed E-state index contributed by atoms with van der Waals surface area (Å²) in [7, 11) is 1.63. The molecule has 0 saturated carbocycles. The molecule has 1 rings (SSSR count). The SMILES string of the molecule is C=CCN(CC#N)c1ccc(OC)cc1. The normalized spacial score (nSPS) is 9.07. The highest BCUT2D eigenvalue weighted by molar-refractivity contribution is 5.50. The van der Waals surface area contributed by atoms with Gasteiger partial charge in [0.25, 0.3) is 0 Å².